The number of hydrogen-bond donors (Lipinski definition) is 0. The van der Waals surface area contributed by atoms with Crippen molar-refractivity contribution in [1.82, 2.24) is 0 Å². The van der Waals surface area contributed by atoms with Gasteiger partial charge in [0, 0.05) is 23.0 Å². The molecule has 2 bridgehead atoms. The van der Waals surface area contributed by atoms with Gasteiger partial charge in [-0.3, -0.25) is 9.59 Å². The molecule has 112 valence electrons. The molecular weight excluding hydrogens is 288 g/mol. The van der Waals surface area contributed by atoms with Gasteiger partial charge in [-0.05, 0) is 26.7 Å². The molecule has 21 heavy (non-hydrogen) atoms. The highest BCUT2D eigenvalue weighted by Gasteiger charge is 2.65. The van der Waals surface area contributed by atoms with Crippen molar-refractivity contribution in [3.8, 4) is 0 Å². The van der Waals surface area contributed by atoms with Crippen LogP contribution in [-0.2, 0) is 9.59 Å². The third-order valence-electron chi connectivity index (χ3n) is 5.05. The number of rotatable bonds is 2. The predicted octanol–water partition coefficient (Wildman–Crippen LogP) is 3.38. The molecule has 3 rings (SSSR count). The maximum Gasteiger partial charge on any atom is 0.197 e. The van der Waals surface area contributed by atoms with E-state index < -0.39 is 52.1 Å². The van der Waals surface area contributed by atoms with Gasteiger partial charge in [0.1, 0.15) is 17.0 Å². The summed E-state index contributed by atoms with van der Waals surface area (Å²) in [4.78, 5) is 24.2. The number of ketones is 2. The Morgan fingerprint density at radius 3 is 1.43 bits per heavy atom. The summed E-state index contributed by atoms with van der Waals surface area (Å²) in [5.74, 6) is -9.61. The molecule has 0 heterocycles. The second-order valence-corrected chi connectivity index (χ2v) is 5.75. The molecule has 0 aromatic heterocycles. The van der Waals surface area contributed by atoms with Gasteiger partial charge in [-0.25, -0.2) is 17.6 Å². The fourth-order valence-corrected chi connectivity index (χ4v) is 4.35. The number of benzene rings is 1. The molecule has 1 aromatic rings. The van der Waals surface area contributed by atoms with Crippen molar-refractivity contribution >= 4 is 11.6 Å². The third-order valence-corrected chi connectivity index (χ3v) is 5.05. The Bertz CT molecular complexity index is 637. The lowest BCUT2D eigenvalue weighted by molar-refractivity contribution is -0.139. The first-order chi connectivity index (χ1) is 9.76. The summed E-state index contributed by atoms with van der Waals surface area (Å²) in [6, 6.07) is 0. The summed E-state index contributed by atoms with van der Waals surface area (Å²) >= 11 is 0. The Morgan fingerprint density at radius 2 is 1.14 bits per heavy atom. The fraction of sp³-hybridized carbons (Fsp3) is 0.467. The molecule has 0 spiro atoms. The second kappa shape index (κ2) is 4.15. The van der Waals surface area contributed by atoms with Gasteiger partial charge < -0.3 is 0 Å². The Balaban J connectivity index is 2.39. The molecule has 2 atom stereocenters. The van der Waals surface area contributed by atoms with Gasteiger partial charge in [0.05, 0.1) is 0 Å². The average molecular weight is 300 g/mol. The molecule has 0 unspecified atom stereocenters. The third kappa shape index (κ3) is 1.38. The molecular formula is C15H12F4O2. The van der Waals surface area contributed by atoms with Crippen LogP contribution in [0.4, 0.5) is 17.6 Å². The molecule has 0 aliphatic heterocycles. The highest BCUT2D eigenvalue weighted by molar-refractivity contribution is 6.08. The first kappa shape index (κ1) is 14.2. The molecule has 0 amide bonds. The van der Waals surface area contributed by atoms with E-state index in [1.54, 1.807) is 0 Å². The van der Waals surface area contributed by atoms with Gasteiger partial charge in [-0.2, -0.15) is 0 Å². The van der Waals surface area contributed by atoms with Crippen molar-refractivity contribution in [2.45, 2.75) is 38.5 Å². The Morgan fingerprint density at radius 1 is 0.810 bits per heavy atom. The molecule has 2 aliphatic rings. The Hall–Kier alpha value is -1.72. The summed E-state index contributed by atoms with van der Waals surface area (Å²) in [6.45, 7) is 2.36. The number of fused-ring (bicyclic) bond motifs is 5. The van der Waals surface area contributed by atoms with Crippen molar-refractivity contribution in [2.24, 2.45) is 5.41 Å². The summed E-state index contributed by atoms with van der Waals surface area (Å²) in [7, 11) is 0. The van der Waals surface area contributed by atoms with Gasteiger partial charge in [-0.15, -0.1) is 0 Å². The van der Waals surface area contributed by atoms with Crippen LogP contribution in [0.5, 0.6) is 0 Å². The summed E-state index contributed by atoms with van der Waals surface area (Å²) in [6.07, 6.45) is 0.552. The molecule has 2 aliphatic carbocycles. The van der Waals surface area contributed by atoms with Crippen LogP contribution < -0.4 is 0 Å². The molecule has 1 fully saturated rings. The quantitative estimate of drug-likeness (QED) is 0.363. The minimum absolute atomic E-state index is 0.276. The minimum atomic E-state index is -1.89. The predicted molar refractivity (Wildman–Crippen MR) is 64.8 cm³/mol. The fourth-order valence-electron chi connectivity index (χ4n) is 4.35. The van der Waals surface area contributed by atoms with Crippen molar-refractivity contribution in [1.29, 1.82) is 0 Å². The number of hydrogen-bond acceptors (Lipinski definition) is 2. The molecule has 0 N–H and O–H groups in total. The minimum Gasteiger partial charge on any atom is -0.299 e. The molecule has 0 radical (unpaired) electrons. The lowest BCUT2D eigenvalue weighted by Gasteiger charge is -2.28. The molecule has 0 saturated heterocycles. The second-order valence-electron chi connectivity index (χ2n) is 5.75. The van der Waals surface area contributed by atoms with Crippen molar-refractivity contribution in [3.05, 3.63) is 34.4 Å². The van der Waals surface area contributed by atoms with E-state index in [2.05, 4.69) is 0 Å². The van der Waals surface area contributed by atoms with Gasteiger partial charge >= 0.3 is 0 Å². The van der Waals surface area contributed by atoms with Crippen LogP contribution in [0.1, 0.15) is 49.7 Å². The lowest BCUT2D eigenvalue weighted by atomic mass is 9.70. The standard InChI is InChI=1S/C15H12F4O2/c1-5(20)15(6(2)21)7-3-4-8(15)10-9(7)11(16)13(18)14(19)12(10)17/h7-8H,3-4H2,1-2H3/t7-,8-/m1/s1. The van der Waals surface area contributed by atoms with E-state index in [1.165, 1.54) is 13.8 Å². The van der Waals surface area contributed by atoms with Gasteiger partial charge in [0.2, 0.25) is 0 Å². The van der Waals surface area contributed by atoms with Crippen molar-refractivity contribution in [3.63, 3.8) is 0 Å². The lowest BCUT2D eigenvalue weighted by Crippen LogP contribution is -2.39. The van der Waals surface area contributed by atoms with Crippen LogP contribution in [0.2, 0.25) is 0 Å². The van der Waals surface area contributed by atoms with Crippen molar-refractivity contribution < 1.29 is 27.2 Å². The molecule has 6 heteroatoms. The zero-order valence-electron chi connectivity index (χ0n) is 11.4. The van der Waals surface area contributed by atoms with E-state index in [-0.39, 0.29) is 24.0 Å². The normalized spacial score (nSPS) is 25.0. The zero-order valence-corrected chi connectivity index (χ0v) is 11.4. The number of carbonyl (C=O) groups excluding carboxylic acids is 2. The average Bonchev–Trinajstić information content (AvgIpc) is 2.94. The Labute approximate surface area is 118 Å². The first-order valence-corrected chi connectivity index (χ1v) is 6.64. The van der Waals surface area contributed by atoms with Crippen molar-refractivity contribution in [2.75, 3.05) is 0 Å². The van der Waals surface area contributed by atoms with Crippen LogP contribution in [-0.4, -0.2) is 11.6 Å². The molecule has 1 saturated carbocycles. The maximum atomic E-state index is 14.1. The van der Waals surface area contributed by atoms with E-state index in [0.29, 0.717) is 0 Å². The van der Waals surface area contributed by atoms with Crippen LogP contribution in [0, 0.1) is 28.7 Å². The molecule has 1 aromatic carbocycles. The molecule has 2 nitrogen and oxygen atoms in total. The summed E-state index contributed by atoms with van der Waals surface area (Å²) in [5.41, 5.74) is -2.27. The van der Waals surface area contributed by atoms with Gasteiger partial charge in [-0.1, -0.05) is 0 Å². The number of Topliss-reactive ketones (excluding diaryl/α,β-unsaturated/α-hetero) is 2. The van der Waals surface area contributed by atoms with E-state index in [4.69, 9.17) is 0 Å². The monoisotopic (exact) mass is 300 g/mol. The Kier molecular flexibility index (Phi) is 2.81. The highest BCUT2D eigenvalue weighted by Crippen LogP contribution is 2.66. The van der Waals surface area contributed by atoms with Gasteiger partial charge in [0.15, 0.2) is 23.3 Å². The van der Waals surface area contributed by atoms with E-state index in [0.717, 1.165) is 0 Å². The summed E-state index contributed by atoms with van der Waals surface area (Å²) < 4.78 is 55.1. The van der Waals surface area contributed by atoms with Crippen LogP contribution in [0.3, 0.4) is 0 Å². The highest BCUT2D eigenvalue weighted by atomic mass is 19.2. The summed E-state index contributed by atoms with van der Waals surface area (Å²) in [5, 5.41) is 0. The number of halogens is 4. The zero-order chi connectivity index (χ0) is 15.7. The van der Waals surface area contributed by atoms with Crippen LogP contribution >= 0.6 is 0 Å². The van der Waals surface area contributed by atoms with Crippen LogP contribution in [0.15, 0.2) is 0 Å². The van der Waals surface area contributed by atoms with E-state index in [1.807, 2.05) is 0 Å². The smallest absolute Gasteiger partial charge is 0.197 e. The largest absolute Gasteiger partial charge is 0.299 e. The first-order valence-electron chi connectivity index (χ1n) is 6.64. The topological polar surface area (TPSA) is 34.1 Å². The van der Waals surface area contributed by atoms with Crippen LogP contribution in [0.25, 0.3) is 0 Å². The van der Waals surface area contributed by atoms with Gasteiger partial charge in [0.25, 0.3) is 0 Å². The van der Waals surface area contributed by atoms with E-state index in [9.17, 15) is 27.2 Å². The van der Waals surface area contributed by atoms with E-state index >= 15 is 0 Å². The maximum absolute atomic E-state index is 14.1. The SMILES string of the molecule is CC(=O)C1(C(C)=O)[C@@H]2CC[C@@H]1c1c(F)c(F)c(F)c(F)c12. The number of carbonyl (C=O) groups is 2.